The minimum absolute atomic E-state index is 1.06. The molecule has 1 heterocycles. The lowest BCUT2D eigenvalue weighted by Crippen LogP contribution is -2.02. The number of hydrogen-bond acceptors (Lipinski definition) is 2. The molecule has 1 aromatic carbocycles. The van der Waals surface area contributed by atoms with Gasteiger partial charge in [0.25, 0.3) is 0 Å². The van der Waals surface area contributed by atoms with E-state index in [1.807, 2.05) is 11.8 Å². The Bertz CT molecular complexity index is 476. The highest BCUT2D eigenvalue weighted by atomic mass is 32.2. The van der Waals surface area contributed by atoms with Crippen LogP contribution in [0.3, 0.4) is 0 Å². The molecule has 0 aliphatic heterocycles. The fourth-order valence-corrected chi connectivity index (χ4v) is 2.58. The molecule has 0 radical (unpaired) electrons. The number of nitrogens with one attached hydrogen (secondary N) is 1. The van der Waals surface area contributed by atoms with Crippen molar-refractivity contribution in [3.63, 3.8) is 0 Å². The van der Waals surface area contributed by atoms with Crippen molar-refractivity contribution in [3.05, 3.63) is 30.5 Å². The molecule has 2 nitrogen and oxygen atoms in total. The molecule has 0 saturated heterocycles. The highest BCUT2D eigenvalue weighted by Crippen LogP contribution is 2.19. The predicted molar refractivity (Wildman–Crippen MR) is 79.0 cm³/mol. The van der Waals surface area contributed by atoms with Crippen molar-refractivity contribution >= 4 is 28.4 Å². The van der Waals surface area contributed by atoms with Crippen LogP contribution in [0.1, 0.15) is 13.3 Å². The molecule has 2 aromatic rings. The van der Waals surface area contributed by atoms with Crippen LogP contribution in [0.2, 0.25) is 0 Å². The maximum absolute atomic E-state index is 3.48. The van der Waals surface area contributed by atoms with Crippen LogP contribution in [-0.4, -0.2) is 22.6 Å². The molecular formula is C14H20N2S. The standard InChI is InChI=1S/C14H20N2S/c1-3-17-10-4-8-15-13-5-6-14-12(11-13)7-9-16(14)2/h5-7,9,11,15H,3-4,8,10H2,1-2H3. The van der Waals surface area contributed by atoms with Crippen LogP contribution in [0.4, 0.5) is 5.69 Å². The number of hydrogen-bond donors (Lipinski definition) is 1. The summed E-state index contributed by atoms with van der Waals surface area (Å²) < 4.78 is 2.15. The number of anilines is 1. The molecule has 0 unspecified atom stereocenters. The zero-order chi connectivity index (χ0) is 12.1. The number of thioether (sulfide) groups is 1. The Kier molecular flexibility index (Phi) is 4.37. The molecule has 0 amide bonds. The molecular weight excluding hydrogens is 228 g/mol. The fraction of sp³-hybridized carbons (Fsp3) is 0.429. The van der Waals surface area contributed by atoms with Crippen molar-refractivity contribution in [2.75, 3.05) is 23.4 Å². The maximum Gasteiger partial charge on any atom is 0.0479 e. The summed E-state index contributed by atoms with van der Waals surface area (Å²) in [6.07, 6.45) is 3.33. The van der Waals surface area contributed by atoms with Gasteiger partial charge in [0.15, 0.2) is 0 Å². The molecule has 0 aliphatic carbocycles. The molecule has 2 rings (SSSR count). The lowest BCUT2D eigenvalue weighted by Gasteiger charge is -2.06. The van der Waals surface area contributed by atoms with Crippen LogP contribution in [0.15, 0.2) is 30.5 Å². The summed E-state index contributed by atoms with van der Waals surface area (Å²) in [6.45, 7) is 3.27. The number of benzene rings is 1. The van der Waals surface area contributed by atoms with E-state index in [0.29, 0.717) is 0 Å². The molecule has 0 spiro atoms. The molecule has 92 valence electrons. The Hall–Kier alpha value is -1.09. The van der Waals surface area contributed by atoms with Gasteiger partial charge < -0.3 is 9.88 Å². The monoisotopic (exact) mass is 248 g/mol. The van der Waals surface area contributed by atoms with Gasteiger partial charge in [-0.2, -0.15) is 11.8 Å². The Morgan fingerprint density at radius 3 is 3.00 bits per heavy atom. The maximum atomic E-state index is 3.48. The van der Waals surface area contributed by atoms with Crippen LogP contribution in [-0.2, 0) is 7.05 Å². The average molecular weight is 248 g/mol. The van der Waals surface area contributed by atoms with Crippen molar-refractivity contribution in [2.45, 2.75) is 13.3 Å². The van der Waals surface area contributed by atoms with E-state index in [1.165, 1.54) is 34.5 Å². The first-order chi connectivity index (χ1) is 8.31. The second kappa shape index (κ2) is 6.01. The quantitative estimate of drug-likeness (QED) is 0.784. The van der Waals surface area contributed by atoms with E-state index in [-0.39, 0.29) is 0 Å². The van der Waals surface area contributed by atoms with Gasteiger partial charge in [0.05, 0.1) is 0 Å². The first-order valence-electron chi connectivity index (χ1n) is 6.18. The third-order valence-corrected chi connectivity index (χ3v) is 3.87. The van der Waals surface area contributed by atoms with Gasteiger partial charge in [0.2, 0.25) is 0 Å². The van der Waals surface area contributed by atoms with Gasteiger partial charge in [0, 0.05) is 36.4 Å². The summed E-state index contributed by atoms with van der Waals surface area (Å²) in [5.74, 6) is 2.47. The van der Waals surface area contributed by atoms with Gasteiger partial charge in [-0.3, -0.25) is 0 Å². The van der Waals surface area contributed by atoms with Gasteiger partial charge in [-0.1, -0.05) is 6.92 Å². The number of rotatable bonds is 6. The van der Waals surface area contributed by atoms with Crippen molar-refractivity contribution < 1.29 is 0 Å². The minimum atomic E-state index is 1.06. The van der Waals surface area contributed by atoms with Crippen LogP contribution in [0.5, 0.6) is 0 Å². The van der Waals surface area contributed by atoms with E-state index >= 15 is 0 Å². The summed E-state index contributed by atoms with van der Waals surface area (Å²) in [6, 6.07) is 8.73. The summed E-state index contributed by atoms with van der Waals surface area (Å²) in [4.78, 5) is 0. The van der Waals surface area contributed by atoms with Gasteiger partial charge in [0.1, 0.15) is 0 Å². The Labute approximate surface area is 107 Å². The molecule has 0 saturated carbocycles. The largest absolute Gasteiger partial charge is 0.385 e. The minimum Gasteiger partial charge on any atom is -0.385 e. The second-order valence-electron chi connectivity index (χ2n) is 4.18. The molecule has 0 fully saturated rings. The summed E-state index contributed by atoms with van der Waals surface area (Å²) in [5, 5.41) is 4.79. The summed E-state index contributed by atoms with van der Waals surface area (Å²) in [7, 11) is 2.08. The van der Waals surface area contributed by atoms with E-state index in [4.69, 9.17) is 0 Å². The normalized spacial score (nSPS) is 10.9. The molecule has 0 atom stereocenters. The van der Waals surface area contributed by atoms with Crippen molar-refractivity contribution in [2.24, 2.45) is 7.05 Å². The summed E-state index contributed by atoms with van der Waals surface area (Å²) >= 11 is 2.01. The zero-order valence-corrected chi connectivity index (χ0v) is 11.4. The van der Waals surface area contributed by atoms with Gasteiger partial charge in [-0.05, 0) is 42.2 Å². The Balaban J connectivity index is 1.91. The summed E-state index contributed by atoms with van der Waals surface area (Å²) in [5.41, 5.74) is 2.52. The average Bonchev–Trinajstić information content (AvgIpc) is 2.71. The Morgan fingerprint density at radius 2 is 2.18 bits per heavy atom. The van der Waals surface area contributed by atoms with Crippen LogP contribution >= 0.6 is 11.8 Å². The highest BCUT2D eigenvalue weighted by molar-refractivity contribution is 7.99. The predicted octanol–water partition coefficient (Wildman–Crippen LogP) is 3.73. The lowest BCUT2D eigenvalue weighted by atomic mass is 10.2. The molecule has 1 N–H and O–H groups in total. The highest BCUT2D eigenvalue weighted by Gasteiger charge is 1.99. The van der Waals surface area contributed by atoms with Crippen molar-refractivity contribution in [1.82, 2.24) is 4.57 Å². The number of nitrogens with zero attached hydrogens (tertiary/aromatic N) is 1. The zero-order valence-electron chi connectivity index (χ0n) is 10.6. The van der Waals surface area contributed by atoms with E-state index in [9.17, 15) is 0 Å². The first-order valence-corrected chi connectivity index (χ1v) is 7.33. The van der Waals surface area contributed by atoms with Crippen LogP contribution in [0, 0.1) is 0 Å². The van der Waals surface area contributed by atoms with E-state index in [1.54, 1.807) is 0 Å². The van der Waals surface area contributed by atoms with Crippen LogP contribution < -0.4 is 5.32 Å². The SMILES string of the molecule is CCSCCCNc1ccc2c(ccn2C)c1. The molecule has 3 heteroatoms. The topological polar surface area (TPSA) is 17.0 Å². The smallest absolute Gasteiger partial charge is 0.0479 e. The van der Waals surface area contributed by atoms with Gasteiger partial charge >= 0.3 is 0 Å². The third kappa shape index (κ3) is 3.19. The Morgan fingerprint density at radius 1 is 1.29 bits per heavy atom. The first kappa shape index (κ1) is 12.4. The van der Waals surface area contributed by atoms with Crippen molar-refractivity contribution in [1.29, 1.82) is 0 Å². The molecule has 0 bridgehead atoms. The van der Waals surface area contributed by atoms with Crippen LogP contribution in [0.25, 0.3) is 10.9 Å². The van der Waals surface area contributed by atoms with Gasteiger partial charge in [-0.15, -0.1) is 0 Å². The van der Waals surface area contributed by atoms with Crippen molar-refractivity contribution in [3.8, 4) is 0 Å². The molecule has 1 aromatic heterocycles. The third-order valence-electron chi connectivity index (χ3n) is 2.88. The fourth-order valence-electron chi connectivity index (χ4n) is 1.94. The number of aryl methyl sites for hydroxylation is 1. The lowest BCUT2D eigenvalue weighted by molar-refractivity contribution is 0.968. The molecule has 17 heavy (non-hydrogen) atoms. The van der Waals surface area contributed by atoms with E-state index < -0.39 is 0 Å². The van der Waals surface area contributed by atoms with E-state index in [2.05, 4.69) is 54.3 Å². The number of fused-ring (bicyclic) bond motifs is 1. The molecule has 0 aliphatic rings. The number of aromatic nitrogens is 1. The second-order valence-corrected chi connectivity index (χ2v) is 5.57. The van der Waals surface area contributed by atoms with E-state index in [0.717, 1.165) is 6.54 Å². The van der Waals surface area contributed by atoms with Gasteiger partial charge in [-0.25, -0.2) is 0 Å².